The topological polar surface area (TPSA) is 288 Å². The summed E-state index contributed by atoms with van der Waals surface area (Å²) in [4.78, 5) is 28.1. The number of hydrogen-bond donors (Lipinski definition) is 8. The minimum absolute atomic E-state index is 0.0306. The number of aliphatic hydroxyl groups is 8. The summed E-state index contributed by atoms with van der Waals surface area (Å²) in [5.74, 6) is -5.57. The van der Waals surface area contributed by atoms with E-state index >= 15 is 0 Å². The predicted octanol–water partition coefficient (Wildman–Crippen LogP) is 9.55. The second-order valence-corrected chi connectivity index (χ2v) is 29.9. The van der Waals surface area contributed by atoms with E-state index in [1.54, 1.807) is 61.4 Å². The van der Waals surface area contributed by atoms with Crippen molar-refractivity contribution in [2.24, 2.45) is 47.3 Å². The van der Waals surface area contributed by atoms with Gasteiger partial charge in [-0.05, 0) is 129 Å². The van der Waals surface area contributed by atoms with E-state index < -0.39 is 133 Å². The van der Waals surface area contributed by atoms with Crippen LogP contribution in [0.2, 0.25) is 0 Å². The van der Waals surface area contributed by atoms with E-state index in [1.807, 2.05) is 92.7 Å². The molecule has 5 aliphatic rings. The lowest BCUT2D eigenvalue weighted by Gasteiger charge is -2.38. The molecule has 8 N–H and O–H groups in total. The average molecular weight is 1360 g/mol. The molecule has 5 heterocycles. The van der Waals surface area contributed by atoms with Crippen molar-refractivity contribution in [1.82, 2.24) is 0 Å². The van der Waals surface area contributed by atoms with E-state index in [0.717, 1.165) is 25.7 Å². The third-order valence-electron chi connectivity index (χ3n) is 22.1. The van der Waals surface area contributed by atoms with Gasteiger partial charge in [0.2, 0.25) is 0 Å². The zero-order chi connectivity index (χ0) is 71.1. The first-order valence-electron chi connectivity index (χ1n) is 36.4. The number of rotatable bonds is 16. The highest BCUT2D eigenvalue weighted by Crippen LogP contribution is 2.37. The van der Waals surface area contributed by atoms with E-state index in [0.29, 0.717) is 56.9 Å². The zero-order valence-corrected chi connectivity index (χ0v) is 61.1. The number of fused-ring (bicyclic) bond motifs is 4. The molecule has 30 atom stereocenters. The van der Waals surface area contributed by atoms with Gasteiger partial charge in [-0.25, -0.2) is 9.59 Å². The maximum absolute atomic E-state index is 14.2. The van der Waals surface area contributed by atoms with Gasteiger partial charge in [0.05, 0.1) is 122 Å². The number of cyclic esters (lactones) is 2. The number of ether oxygens (including phenoxy) is 10. The summed E-state index contributed by atoms with van der Waals surface area (Å²) in [5, 5.41) is 94.6. The van der Waals surface area contributed by atoms with Crippen molar-refractivity contribution < 1.29 is 97.8 Å². The Morgan fingerprint density at radius 2 is 0.885 bits per heavy atom. The van der Waals surface area contributed by atoms with Gasteiger partial charge in [-0.3, -0.25) is 0 Å². The van der Waals surface area contributed by atoms with Crippen molar-refractivity contribution in [2.45, 2.75) is 333 Å². The van der Waals surface area contributed by atoms with Crippen LogP contribution in [-0.4, -0.2) is 216 Å². The molecule has 2 fully saturated rings. The Morgan fingerprint density at radius 1 is 0.479 bits per heavy atom. The lowest BCUT2D eigenvalue weighted by molar-refractivity contribution is -0.159. The van der Waals surface area contributed by atoms with Crippen LogP contribution in [0.25, 0.3) is 0 Å². The Kier molecular flexibility index (Phi) is 36.4. The SMILES string of the molecule is CO[C@H]1C[C@H](CC[C@H](C)[C@H](O)[C@H](C)[C@H]2OC(=O)C=C/C(C)=C\C[C@H](O)C[C@@H]3C=CC[C@@H](C[C@H](OC)[C@@H](C)[C@@H](O)C[C@@H](O)[C@H](C)[C@@H]([C@@H](C)[C@@H](O)[C@@H](C)CC[C@H]4C[C@H](OC)C[C@H](C)O4)OC(=O)/C(C)=C\C[C@H](O)C[C@@H]4C=CC[C@@H](C[C@H](OC)[C@@H](C)[C@@H](O)C[C@@H](O)[C@@H]2C)O4)O3)O[C@@H](C)C1. The molecule has 5 aliphatic heterocycles. The van der Waals surface area contributed by atoms with Crippen molar-refractivity contribution in [3.05, 3.63) is 59.8 Å². The lowest BCUT2D eigenvalue weighted by Crippen LogP contribution is -2.46. The summed E-state index contributed by atoms with van der Waals surface area (Å²) in [6.45, 7) is 22.3. The third-order valence-corrected chi connectivity index (χ3v) is 22.1. The van der Waals surface area contributed by atoms with E-state index in [9.17, 15) is 50.4 Å². The fraction of sp³-hybridized carbons (Fsp3) is 0.842. The second kappa shape index (κ2) is 41.8. The highest BCUT2D eigenvalue weighted by molar-refractivity contribution is 5.87. The molecule has 5 rings (SSSR count). The maximum Gasteiger partial charge on any atom is 0.333 e. The Balaban J connectivity index is 1.37. The zero-order valence-electron chi connectivity index (χ0n) is 61.1. The van der Waals surface area contributed by atoms with Gasteiger partial charge in [-0.1, -0.05) is 103 Å². The Hall–Kier alpha value is -3.00. The van der Waals surface area contributed by atoms with E-state index in [-0.39, 0.29) is 105 Å². The first kappa shape index (κ1) is 83.7. The fourth-order valence-corrected chi connectivity index (χ4v) is 15.2. The van der Waals surface area contributed by atoms with Gasteiger partial charge in [0.1, 0.15) is 12.2 Å². The highest BCUT2D eigenvalue weighted by Gasteiger charge is 2.43. The maximum atomic E-state index is 14.2. The van der Waals surface area contributed by atoms with Crippen molar-refractivity contribution in [3.8, 4) is 0 Å². The normalized spacial score (nSPS) is 40.9. The molecule has 0 radical (unpaired) electrons. The molecule has 554 valence electrons. The minimum atomic E-state index is -1.18. The number of hydrogen-bond acceptors (Lipinski definition) is 20. The van der Waals surface area contributed by atoms with E-state index in [4.69, 9.17) is 47.4 Å². The fourth-order valence-electron chi connectivity index (χ4n) is 15.2. The van der Waals surface area contributed by atoms with Crippen LogP contribution in [0.4, 0.5) is 0 Å². The molecular formula is C76H130O20. The predicted molar refractivity (Wildman–Crippen MR) is 368 cm³/mol. The Morgan fingerprint density at radius 3 is 1.30 bits per heavy atom. The molecule has 20 nitrogen and oxygen atoms in total. The molecule has 4 bridgehead atoms. The van der Waals surface area contributed by atoms with Crippen molar-refractivity contribution in [3.63, 3.8) is 0 Å². The number of allylic oxidation sites excluding steroid dienone is 2. The molecule has 0 amide bonds. The summed E-state index contributed by atoms with van der Waals surface area (Å²) in [6.07, 6.45) is 10.3. The summed E-state index contributed by atoms with van der Waals surface area (Å²) in [5.41, 5.74) is 0.927. The van der Waals surface area contributed by atoms with Crippen molar-refractivity contribution in [1.29, 1.82) is 0 Å². The minimum Gasteiger partial charge on any atom is -0.458 e. The van der Waals surface area contributed by atoms with Crippen LogP contribution >= 0.6 is 0 Å². The molecule has 0 aromatic rings. The van der Waals surface area contributed by atoms with Gasteiger partial charge >= 0.3 is 11.9 Å². The monoisotopic (exact) mass is 1360 g/mol. The number of esters is 2. The molecule has 0 aliphatic carbocycles. The lowest BCUT2D eigenvalue weighted by atomic mass is 9.78. The highest BCUT2D eigenvalue weighted by atomic mass is 16.6. The number of methoxy groups -OCH3 is 4. The standard InChI is InChI=1S/C76H130O20/c1-43-23-28-55(77)35-57-19-17-21-59(93-57)39-70(90-16)50(8)66(80)42-68(82)52(10)75(54(12)73(85)45(3)27-31-62-38-64(88-14)34-48(6)92-62)96-76(86)46(4)25-29-56(78)36-58-20-18-22-60(94-58)40-69(89-15)49(7)65(79)41-67(81)51(9)74(95-71(83)32-24-43)53(11)72(84)44(2)26-30-61-37-63(87-13)33-47(5)91-61/h17-20,23-25,32,44-45,47-70,72-75,77-82,84-85H,21-22,26-31,33-42H2,1-16H3/b32-24?,43-23-,46-25-/t44-,45-,47-,48-,49-,50-,51-,52-,53-,54-,55-,56-,57-,58-,59-,60-,61-,62-,63+,64+,65-,66-,67+,68+,69-,70-,72-,73-,74-,75-/m0/s1. The largest absolute Gasteiger partial charge is 0.458 e. The smallest absolute Gasteiger partial charge is 0.333 e. The second-order valence-electron chi connectivity index (χ2n) is 29.9. The number of carbonyl (C=O) groups is 2. The summed E-state index contributed by atoms with van der Waals surface area (Å²) < 4.78 is 61.4. The van der Waals surface area contributed by atoms with Gasteiger partial charge in [0.25, 0.3) is 0 Å². The molecule has 0 aromatic carbocycles. The molecule has 0 unspecified atom stereocenters. The average Bonchev–Trinajstić information content (AvgIpc) is 0.856. The molecule has 96 heavy (non-hydrogen) atoms. The molecule has 0 spiro atoms. The first-order chi connectivity index (χ1) is 45.4. The van der Waals surface area contributed by atoms with Crippen LogP contribution in [0, 0.1) is 47.3 Å². The number of carbonyl (C=O) groups excluding carboxylic acids is 2. The van der Waals surface area contributed by atoms with Crippen molar-refractivity contribution >= 4 is 11.9 Å². The third kappa shape index (κ3) is 26.7. The first-order valence-corrected chi connectivity index (χ1v) is 36.4. The van der Waals surface area contributed by atoms with Crippen LogP contribution in [0.3, 0.4) is 0 Å². The van der Waals surface area contributed by atoms with Crippen LogP contribution < -0.4 is 0 Å². The molecule has 2 saturated heterocycles. The Bertz CT molecular complexity index is 2400. The van der Waals surface area contributed by atoms with E-state index in [1.165, 1.54) is 6.08 Å². The van der Waals surface area contributed by atoms with Gasteiger partial charge in [-0.2, -0.15) is 0 Å². The summed E-state index contributed by atoms with van der Waals surface area (Å²) >= 11 is 0. The van der Waals surface area contributed by atoms with E-state index in [2.05, 4.69) is 0 Å². The van der Waals surface area contributed by atoms with Gasteiger partial charge < -0.3 is 88.2 Å². The van der Waals surface area contributed by atoms with Gasteiger partial charge in [-0.15, -0.1) is 0 Å². The molecule has 0 aromatic heterocycles. The number of aliphatic hydroxyl groups excluding tert-OH is 8. The van der Waals surface area contributed by atoms with Gasteiger partial charge in [0, 0.05) is 101 Å². The summed E-state index contributed by atoms with van der Waals surface area (Å²) in [7, 11) is 6.57. The molecule has 0 saturated carbocycles. The van der Waals surface area contributed by atoms with Crippen LogP contribution in [0.1, 0.15) is 199 Å². The van der Waals surface area contributed by atoms with Crippen molar-refractivity contribution in [2.75, 3.05) is 28.4 Å². The Labute approximate surface area is 575 Å². The van der Waals surface area contributed by atoms with Crippen LogP contribution in [0.5, 0.6) is 0 Å². The molecular weight excluding hydrogens is 1230 g/mol. The van der Waals surface area contributed by atoms with Crippen LogP contribution in [0.15, 0.2) is 59.8 Å². The quantitative estimate of drug-likeness (QED) is 0.0527. The van der Waals surface area contributed by atoms with Gasteiger partial charge in [0.15, 0.2) is 0 Å². The summed E-state index contributed by atoms with van der Waals surface area (Å²) in [6, 6.07) is 0. The van der Waals surface area contributed by atoms with Crippen LogP contribution in [-0.2, 0) is 57.0 Å². The molecule has 20 heteroatoms.